The molecule has 178 valence electrons. The van der Waals surface area contributed by atoms with E-state index in [4.69, 9.17) is 14.7 Å². The number of esters is 1. The highest BCUT2D eigenvalue weighted by Crippen LogP contribution is 2.26. The smallest absolute Gasteiger partial charge is 0.306 e. The van der Waals surface area contributed by atoms with Crippen molar-refractivity contribution in [2.45, 2.75) is 59.8 Å². The summed E-state index contributed by atoms with van der Waals surface area (Å²) in [6.45, 7) is 11.2. The fourth-order valence-corrected chi connectivity index (χ4v) is 4.26. The summed E-state index contributed by atoms with van der Waals surface area (Å²) in [6.07, 6.45) is 2.84. The highest BCUT2D eigenvalue weighted by atomic mass is 16.5. The summed E-state index contributed by atoms with van der Waals surface area (Å²) in [6, 6.07) is 8.62. The zero-order valence-corrected chi connectivity index (χ0v) is 20.4. The number of benzene rings is 1. The third-order valence-corrected chi connectivity index (χ3v) is 6.02. The number of rotatable bonds is 8. The van der Waals surface area contributed by atoms with E-state index in [0.29, 0.717) is 26.2 Å². The van der Waals surface area contributed by atoms with Crippen molar-refractivity contribution >= 4 is 17.7 Å². The fourth-order valence-electron chi connectivity index (χ4n) is 4.26. The Labute approximate surface area is 197 Å². The molecule has 1 aliphatic rings. The van der Waals surface area contributed by atoms with Crippen molar-refractivity contribution in [3.63, 3.8) is 0 Å². The molecule has 0 radical (unpaired) electrons. The summed E-state index contributed by atoms with van der Waals surface area (Å²) < 4.78 is 4.95. The summed E-state index contributed by atoms with van der Waals surface area (Å²) in [5, 5.41) is 0. The van der Waals surface area contributed by atoms with Gasteiger partial charge in [0.05, 0.1) is 13.0 Å². The molecule has 2 heterocycles. The number of aryl methyl sites for hydroxylation is 3. The second-order valence-electron chi connectivity index (χ2n) is 8.56. The molecule has 1 amide bonds. The molecule has 0 atom stereocenters. The van der Waals surface area contributed by atoms with Gasteiger partial charge in [0.15, 0.2) is 0 Å². The molecule has 2 aromatic rings. The molecule has 1 aromatic heterocycles. The third-order valence-electron chi connectivity index (χ3n) is 6.02. The Morgan fingerprint density at radius 1 is 0.970 bits per heavy atom. The molecule has 7 heteroatoms. The molecule has 1 aliphatic heterocycles. The average molecular weight is 453 g/mol. The van der Waals surface area contributed by atoms with Gasteiger partial charge >= 0.3 is 5.97 Å². The SMILES string of the molecule is CCOC(=O)CCC(=O)N1CCCN(c2nc(C)nc(CC)c2Cc2ccc(C)cc2)CC1. The van der Waals surface area contributed by atoms with Crippen LogP contribution in [-0.2, 0) is 27.2 Å². The lowest BCUT2D eigenvalue weighted by atomic mass is 10.0. The largest absolute Gasteiger partial charge is 0.466 e. The lowest BCUT2D eigenvalue weighted by Gasteiger charge is -2.26. The predicted molar refractivity (Wildman–Crippen MR) is 129 cm³/mol. The van der Waals surface area contributed by atoms with Gasteiger partial charge in [-0.25, -0.2) is 9.97 Å². The summed E-state index contributed by atoms with van der Waals surface area (Å²) >= 11 is 0. The topological polar surface area (TPSA) is 75.6 Å². The number of ether oxygens (including phenoxy) is 1. The van der Waals surface area contributed by atoms with Crippen LogP contribution in [0.15, 0.2) is 24.3 Å². The lowest BCUT2D eigenvalue weighted by Crippen LogP contribution is -2.36. The molecule has 0 saturated carbocycles. The normalized spacial score (nSPS) is 14.2. The van der Waals surface area contributed by atoms with Crippen LogP contribution in [0.1, 0.15) is 61.3 Å². The number of anilines is 1. The van der Waals surface area contributed by atoms with Crippen LogP contribution in [0.5, 0.6) is 0 Å². The second-order valence-corrected chi connectivity index (χ2v) is 8.56. The number of hydrogen-bond donors (Lipinski definition) is 0. The Balaban J connectivity index is 1.75. The van der Waals surface area contributed by atoms with Crippen molar-refractivity contribution in [1.29, 1.82) is 0 Å². The minimum absolute atomic E-state index is 0.0119. The molecule has 0 spiro atoms. The van der Waals surface area contributed by atoms with Crippen molar-refractivity contribution < 1.29 is 14.3 Å². The van der Waals surface area contributed by atoms with E-state index in [1.165, 1.54) is 16.7 Å². The highest BCUT2D eigenvalue weighted by molar-refractivity contribution is 5.81. The maximum Gasteiger partial charge on any atom is 0.306 e. The van der Waals surface area contributed by atoms with E-state index in [0.717, 1.165) is 43.1 Å². The van der Waals surface area contributed by atoms with Gasteiger partial charge < -0.3 is 14.5 Å². The van der Waals surface area contributed by atoms with Gasteiger partial charge in [-0.15, -0.1) is 0 Å². The third kappa shape index (κ3) is 6.76. The van der Waals surface area contributed by atoms with Gasteiger partial charge in [-0.2, -0.15) is 0 Å². The van der Waals surface area contributed by atoms with E-state index < -0.39 is 0 Å². The monoisotopic (exact) mass is 452 g/mol. The number of hydrogen-bond acceptors (Lipinski definition) is 6. The van der Waals surface area contributed by atoms with Crippen molar-refractivity contribution in [3.05, 3.63) is 52.5 Å². The first-order chi connectivity index (χ1) is 15.9. The quantitative estimate of drug-likeness (QED) is 0.570. The number of nitrogens with zero attached hydrogens (tertiary/aromatic N) is 4. The summed E-state index contributed by atoms with van der Waals surface area (Å²) in [5.74, 6) is 1.46. The molecule has 1 fully saturated rings. The van der Waals surface area contributed by atoms with Gasteiger partial charge in [0.2, 0.25) is 5.91 Å². The Bertz CT molecular complexity index is 959. The molecule has 33 heavy (non-hydrogen) atoms. The van der Waals surface area contributed by atoms with Gasteiger partial charge in [0.1, 0.15) is 11.6 Å². The van der Waals surface area contributed by atoms with Crippen LogP contribution >= 0.6 is 0 Å². The summed E-state index contributed by atoms with van der Waals surface area (Å²) in [4.78, 5) is 38.1. The zero-order valence-electron chi connectivity index (χ0n) is 20.4. The van der Waals surface area contributed by atoms with Gasteiger partial charge in [0.25, 0.3) is 0 Å². The fraction of sp³-hybridized carbons (Fsp3) is 0.538. The first-order valence-electron chi connectivity index (χ1n) is 12.0. The van der Waals surface area contributed by atoms with Crippen LogP contribution in [0.4, 0.5) is 5.82 Å². The van der Waals surface area contributed by atoms with Crippen molar-refractivity contribution in [3.8, 4) is 0 Å². The molecule has 0 unspecified atom stereocenters. The summed E-state index contributed by atoms with van der Waals surface area (Å²) in [5.41, 5.74) is 4.75. The molecule has 0 bridgehead atoms. The van der Waals surface area contributed by atoms with Gasteiger partial charge in [-0.05, 0) is 39.2 Å². The Morgan fingerprint density at radius 2 is 1.73 bits per heavy atom. The van der Waals surface area contributed by atoms with Gasteiger partial charge in [-0.1, -0.05) is 36.8 Å². The molecular weight excluding hydrogens is 416 g/mol. The first-order valence-corrected chi connectivity index (χ1v) is 12.0. The summed E-state index contributed by atoms with van der Waals surface area (Å²) in [7, 11) is 0. The lowest BCUT2D eigenvalue weighted by molar-refractivity contribution is -0.145. The van der Waals surface area contributed by atoms with E-state index in [-0.39, 0.29) is 24.7 Å². The molecule has 0 N–H and O–H groups in total. The Morgan fingerprint density at radius 3 is 2.42 bits per heavy atom. The maximum absolute atomic E-state index is 12.7. The van der Waals surface area contributed by atoms with Crippen LogP contribution in [-0.4, -0.2) is 59.5 Å². The minimum Gasteiger partial charge on any atom is -0.466 e. The van der Waals surface area contributed by atoms with Crippen molar-refractivity contribution in [1.82, 2.24) is 14.9 Å². The predicted octanol–water partition coefficient (Wildman–Crippen LogP) is 3.63. The molecule has 7 nitrogen and oxygen atoms in total. The van der Waals surface area contributed by atoms with E-state index >= 15 is 0 Å². The minimum atomic E-state index is -0.313. The van der Waals surface area contributed by atoms with Crippen molar-refractivity contribution in [2.24, 2.45) is 0 Å². The Hall–Kier alpha value is -2.96. The molecule has 3 rings (SSSR count). The first kappa shape index (κ1) is 24.7. The number of amides is 1. The van der Waals surface area contributed by atoms with Crippen LogP contribution in [0.25, 0.3) is 0 Å². The van der Waals surface area contributed by atoms with E-state index in [2.05, 4.69) is 43.0 Å². The second kappa shape index (κ2) is 11.8. The Kier molecular flexibility index (Phi) is 8.80. The van der Waals surface area contributed by atoms with Gasteiger partial charge in [-0.3, -0.25) is 9.59 Å². The number of carbonyl (C=O) groups excluding carboxylic acids is 2. The van der Waals surface area contributed by atoms with E-state index in [9.17, 15) is 9.59 Å². The molecular formula is C26H36N4O3. The van der Waals surface area contributed by atoms with Crippen LogP contribution in [0.2, 0.25) is 0 Å². The van der Waals surface area contributed by atoms with Crippen molar-refractivity contribution in [2.75, 3.05) is 37.7 Å². The number of carbonyl (C=O) groups is 2. The zero-order chi connectivity index (χ0) is 23.8. The van der Waals surface area contributed by atoms with E-state index in [1.54, 1.807) is 6.92 Å². The standard InChI is InChI=1S/C26H36N4O3/c1-5-23-22(18-21-10-8-19(3)9-11-21)26(28-20(4)27-23)30-15-7-14-29(16-17-30)24(31)12-13-25(32)33-6-2/h8-11H,5-7,12-18H2,1-4H3. The number of aromatic nitrogens is 2. The average Bonchev–Trinajstić information content (AvgIpc) is 3.06. The van der Waals surface area contributed by atoms with Crippen LogP contribution in [0.3, 0.4) is 0 Å². The van der Waals surface area contributed by atoms with Crippen LogP contribution in [0, 0.1) is 13.8 Å². The molecule has 1 saturated heterocycles. The van der Waals surface area contributed by atoms with E-state index in [1.807, 2.05) is 11.8 Å². The molecule has 1 aromatic carbocycles. The van der Waals surface area contributed by atoms with Crippen LogP contribution < -0.4 is 4.90 Å². The highest BCUT2D eigenvalue weighted by Gasteiger charge is 2.24. The van der Waals surface area contributed by atoms with Gasteiger partial charge in [0, 0.05) is 50.3 Å². The maximum atomic E-state index is 12.7. The molecule has 0 aliphatic carbocycles.